The number of hydrogen-bond acceptors (Lipinski definition) is 4. The molecular formula is C9H19NO2S. The van der Waals surface area contributed by atoms with Gasteiger partial charge in [-0.2, -0.15) is 12.6 Å². The van der Waals surface area contributed by atoms with Crippen LogP contribution in [-0.2, 0) is 4.74 Å². The lowest BCUT2D eigenvalue weighted by Gasteiger charge is -2.26. The maximum Gasteiger partial charge on any atom is 0.163 e. The molecule has 4 heteroatoms. The van der Waals surface area contributed by atoms with Crippen LogP contribution < -0.4 is 0 Å². The first-order chi connectivity index (χ1) is 6.33. The smallest absolute Gasteiger partial charge is 0.163 e. The number of likely N-dealkylation sites (tertiary alicyclic amines) is 1. The number of thiol groups is 1. The summed E-state index contributed by atoms with van der Waals surface area (Å²) in [6.45, 7) is 3.91. The molecule has 0 amide bonds. The number of aliphatic hydroxyl groups excluding tert-OH is 1. The quantitative estimate of drug-likeness (QED) is 0.513. The van der Waals surface area contributed by atoms with Gasteiger partial charge in [-0.3, -0.25) is 0 Å². The number of nitrogens with zero attached hydrogens (tertiary/aromatic N) is 1. The van der Waals surface area contributed by atoms with Crippen molar-refractivity contribution in [2.45, 2.75) is 25.6 Å². The summed E-state index contributed by atoms with van der Waals surface area (Å²) in [5.74, 6) is 0.375. The zero-order valence-electron chi connectivity index (χ0n) is 7.98. The molecule has 1 atom stereocenters. The molecule has 13 heavy (non-hydrogen) atoms. The topological polar surface area (TPSA) is 32.7 Å². The van der Waals surface area contributed by atoms with E-state index in [0.29, 0.717) is 12.4 Å². The molecule has 1 aliphatic rings. The summed E-state index contributed by atoms with van der Waals surface area (Å²) in [4.78, 5) is 2.38. The zero-order valence-corrected chi connectivity index (χ0v) is 8.88. The van der Waals surface area contributed by atoms with E-state index in [1.807, 2.05) is 0 Å². The van der Waals surface area contributed by atoms with Gasteiger partial charge in [0.2, 0.25) is 0 Å². The molecule has 1 heterocycles. The summed E-state index contributed by atoms with van der Waals surface area (Å²) in [7, 11) is 0. The Kier molecular flexibility index (Phi) is 5.78. The average molecular weight is 205 g/mol. The third-order valence-corrected chi connectivity index (χ3v) is 2.63. The number of ether oxygens (including phenoxy) is 1. The van der Waals surface area contributed by atoms with Crippen LogP contribution in [0.1, 0.15) is 19.3 Å². The summed E-state index contributed by atoms with van der Waals surface area (Å²) in [6.07, 6.45) is 3.26. The van der Waals surface area contributed by atoms with Crippen molar-refractivity contribution in [3.63, 3.8) is 0 Å². The highest BCUT2D eigenvalue weighted by Gasteiger charge is 2.09. The van der Waals surface area contributed by atoms with Crippen molar-refractivity contribution in [2.24, 2.45) is 0 Å². The molecule has 1 fully saturated rings. The van der Waals surface area contributed by atoms with Gasteiger partial charge in [-0.05, 0) is 25.9 Å². The van der Waals surface area contributed by atoms with E-state index in [-0.39, 0.29) is 0 Å². The fourth-order valence-corrected chi connectivity index (χ4v) is 1.66. The van der Waals surface area contributed by atoms with Gasteiger partial charge in [-0.25, -0.2) is 0 Å². The molecule has 0 aromatic carbocycles. The van der Waals surface area contributed by atoms with Crippen molar-refractivity contribution in [3.8, 4) is 0 Å². The minimum atomic E-state index is -0.701. The zero-order chi connectivity index (χ0) is 9.52. The molecule has 0 spiro atoms. The van der Waals surface area contributed by atoms with E-state index in [0.717, 1.165) is 6.54 Å². The monoisotopic (exact) mass is 205 g/mol. The summed E-state index contributed by atoms with van der Waals surface area (Å²) in [6, 6.07) is 0. The van der Waals surface area contributed by atoms with E-state index in [2.05, 4.69) is 17.5 Å². The van der Waals surface area contributed by atoms with Gasteiger partial charge in [0.1, 0.15) is 0 Å². The van der Waals surface area contributed by atoms with Crippen molar-refractivity contribution in [2.75, 3.05) is 32.0 Å². The second-order valence-electron chi connectivity index (χ2n) is 3.41. The SMILES string of the molecule is OC(CS)OCCN1CCCCC1. The lowest BCUT2D eigenvalue weighted by molar-refractivity contribution is -0.0863. The van der Waals surface area contributed by atoms with Gasteiger partial charge in [0, 0.05) is 12.3 Å². The van der Waals surface area contributed by atoms with Crippen LogP contribution in [0.5, 0.6) is 0 Å². The molecule has 1 saturated heterocycles. The fraction of sp³-hybridized carbons (Fsp3) is 1.00. The Morgan fingerprint density at radius 2 is 2.00 bits per heavy atom. The molecule has 0 saturated carbocycles. The van der Waals surface area contributed by atoms with Crippen LogP contribution in [0.25, 0.3) is 0 Å². The van der Waals surface area contributed by atoms with Gasteiger partial charge >= 0.3 is 0 Å². The van der Waals surface area contributed by atoms with Gasteiger partial charge in [0.15, 0.2) is 6.29 Å². The van der Waals surface area contributed by atoms with E-state index in [4.69, 9.17) is 9.84 Å². The fourth-order valence-electron chi connectivity index (χ4n) is 1.55. The van der Waals surface area contributed by atoms with Crippen molar-refractivity contribution in [1.82, 2.24) is 4.90 Å². The largest absolute Gasteiger partial charge is 0.367 e. The summed E-state index contributed by atoms with van der Waals surface area (Å²) < 4.78 is 5.13. The highest BCUT2D eigenvalue weighted by molar-refractivity contribution is 7.80. The molecule has 0 radical (unpaired) electrons. The minimum Gasteiger partial charge on any atom is -0.367 e. The molecule has 0 aromatic rings. The van der Waals surface area contributed by atoms with Crippen molar-refractivity contribution in [1.29, 1.82) is 0 Å². The molecule has 1 N–H and O–H groups in total. The van der Waals surface area contributed by atoms with Crippen molar-refractivity contribution < 1.29 is 9.84 Å². The van der Waals surface area contributed by atoms with Gasteiger partial charge in [0.05, 0.1) is 6.61 Å². The summed E-state index contributed by atoms with van der Waals surface area (Å²) in [5.41, 5.74) is 0. The first-order valence-corrected chi connectivity index (χ1v) is 5.59. The van der Waals surface area contributed by atoms with Gasteiger partial charge in [-0.1, -0.05) is 6.42 Å². The van der Waals surface area contributed by atoms with E-state index in [1.165, 1.54) is 32.4 Å². The van der Waals surface area contributed by atoms with E-state index >= 15 is 0 Å². The Morgan fingerprint density at radius 1 is 1.31 bits per heavy atom. The number of piperidine rings is 1. The Bertz CT molecular complexity index is 129. The first kappa shape index (κ1) is 11.3. The summed E-state index contributed by atoms with van der Waals surface area (Å²) in [5, 5.41) is 9.07. The lowest BCUT2D eigenvalue weighted by Crippen LogP contribution is -2.33. The molecule has 3 nitrogen and oxygen atoms in total. The third kappa shape index (κ3) is 4.86. The maximum absolute atomic E-state index is 9.07. The van der Waals surface area contributed by atoms with Crippen LogP contribution in [0.3, 0.4) is 0 Å². The molecular weight excluding hydrogens is 186 g/mol. The standard InChI is InChI=1S/C9H19NO2S/c11-9(8-13)12-7-6-10-4-2-1-3-5-10/h9,11,13H,1-8H2. The predicted molar refractivity (Wildman–Crippen MR) is 56.1 cm³/mol. The Labute approximate surface area is 85.5 Å². The first-order valence-electron chi connectivity index (χ1n) is 4.96. The molecule has 1 aliphatic heterocycles. The Hall–Kier alpha value is 0.230. The Morgan fingerprint density at radius 3 is 2.62 bits per heavy atom. The molecule has 0 aliphatic carbocycles. The van der Waals surface area contributed by atoms with Crippen LogP contribution in [-0.4, -0.2) is 48.3 Å². The molecule has 78 valence electrons. The lowest BCUT2D eigenvalue weighted by atomic mass is 10.1. The van der Waals surface area contributed by atoms with E-state index in [9.17, 15) is 0 Å². The molecule has 0 aromatic heterocycles. The highest BCUT2D eigenvalue weighted by atomic mass is 32.1. The Balaban J connectivity index is 1.98. The number of hydrogen-bond donors (Lipinski definition) is 2. The minimum absolute atomic E-state index is 0.375. The van der Waals surface area contributed by atoms with Crippen LogP contribution in [0.2, 0.25) is 0 Å². The molecule has 0 bridgehead atoms. The maximum atomic E-state index is 9.07. The second kappa shape index (κ2) is 6.65. The summed E-state index contributed by atoms with van der Waals surface area (Å²) >= 11 is 3.93. The van der Waals surface area contributed by atoms with Crippen LogP contribution in [0.15, 0.2) is 0 Å². The number of rotatable bonds is 5. The van der Waals surface area contributed by atoms with E-state index < -0.39 is 6.29 Å². The third-order valence-electron chi connectivity index (χ3n) is 2.32. The molecule has 1 unspecified atom stereocenters. The normalized spacial score (nSPS) is 21.7. The van der Waals surface area contributed by atoms with Crippen LogP contribution in [0, 0.1) is 0 Å². The highest BCUT2D eigenvalue weighted by Crippen LogP contribution is 2.07. The van der Waals surface area contributed by atoms with E-state index in [1.54, 1.807) is 0 Å². The average Bonchev–Trinajstić information content (AvgIpc) is 2.19. The van der Waals surface area contributed by atoms with Gasteiger partial charge in [0.25, 0.3) is 0 Å². The predicted octanol–water partition coefficient (Wildman–Crippen LogP) is 0.737. The second-order valence-corrected chi connectivity index (χ2v) is 3.78. The number of aliphatic hydroxyl groups is 1. The van der Waals surface area contributed by atoms with Gasteiger partial charge < -0.3 is 14.7 Å². The van der Waals surface area contributed by atoms with Gasteiger partial charge in [-0.15, -0.1) is 0 Å². The van der Waals surface area contributed by atoms with Crippen molar-refractivity contribution >= 4 is 12.6 Å². The van der Waals surface area contributed by atoms with Crippen LogP contribution >= 0.6 is 12.6 Å². The van der Waals surface area contributed by atoms with Crippen LogP contribution in [0.4, 0.5) is 0 Å². The molecule has 1 rings (SSSR count). The van der Waals surface area contributed by atoms with Crippen molar-refractivity contribution in [3.05, 3.63) is 0 Å².